The Labute approximate surface area is 167 Å². The lowest BCUT2D eigenvalue weighted by Crippen LogP contribution is -2.47. The molecule has 1 saturated heterocycles. The van der Waals surface area contributed by atoms with Crippen LogP contribution in [0.25, 0.3) is 16.6 Å². The monoisotopic (exact) mass is 394 g/mol. The molecule has 1 fully saturated rings. The maximum absolute atomic E-state index is 14.4. The predicted octanol–water partition coefficient (Wildman–Crippen LogP) is 1.52. The van der Waals surface area contributed by atoms with Crippen molar-refractivity contribution in [3.8, 4) is 0 Å². The highest BCUT2D eigenvalue weighted by Gasteiger charge is 2.38. The Morgan fingerprint density at radius 1 is 1.24 bits per heavy atom. The second kappa shape index (κ2) is 6.73. The Morgan fingerprint density at radius 2 is 2.03 bits per heavy atom. The van der Waals surface area contributed by atoms with Crippen molar-refractivity contribution >= 4 is 28.2 Å². The fourth-order valence-electron chi connectivity index (χ4n) is 4.26. The first-order chi connectivity index (χ1) is 14.0. The van der Waals surface area contributed by atoms with E-state index in [9.17, 15) is 9.18 Å². The van der Waals surface area contributed by atoms with Crippen LogP contribution in [0, 0.1) is 5.92 Å². The third-order valence-electron chi connectivity index (χ3n) is 5.95. The third kappa shape index (κ3) is 3.00. The lowest BCUT2D eigenvalue weighted by atomic mass is 9.85. The maximum atomic E-state index is 14.4. The summed E-state index contributed by atoms with van der Waals surface area (Å²) >= 11 is 0. The predicted molar refractivity (Wildman–Crippen MR) is 111 cm³/mol. The summed E-state index contributed by atoms with van der Waals surface area (Å²) in [7, 11) is 2.12. The van der Waals surface area contributed by atoms with E-state index < -0.39 is 12.0 Å². The number of halogens is 1. The van der Waals surface area contributed by atoms with Gasteiger partial charge in [0.15, 0.2) is 0 Å². The molecular weight excluding hydrogens is 371 g/mol. The van der Waals surface area contributed by atoms with E-state index in [0.717, 1.165) is 42.9 Å². The Kier molecular flexibility index (Phi) is 4.16. The van der Waals surface area contributed by atoms with Crippen molar-refractivity contribution in [3.05, 3.63) is 53.8 Å². The van der Waals surface area contributed by atoms with E-state index >= 15 is 0 Å². The first-order valence-corrected chi connectivity index (χ1v) is 9.79. The molecule has 2 aliphatic heterocycles. The lowest BCUT2D eigenvalue weighted by Gasteiger charge is -2.34. The zero-order chi connectivity index (χ0) is 20.1. The molecule has 1 amide bonds. The van der Waals surface area contributed by atoms with Gasteiger partial charge in [-0.2, -0.15) is 0 Å². The number of fused-ring (bicyclic) bond motifs is 2. The fraction of sp³-hybridized carbons (Fsp3) is 0.333. The van der Waals surface area contributed by atoms with E-state index in [1.807, 2.05) is 18.2 Å². The highest BCUT2D eigenvalue weighted by Crippen LogP contribution is 2.35. The number of allylic oxidation sites excluding steroid dienone is 2. The number of carbonyl (C=O) groups is 1. The van der Waals surface area contributed by atoms with Crippen molar-refractivity contribution in [1.82, 2.24) is 20.2 Å². The molecule has 2 atom stereocenters. The van der Waals surface area contributed by atoms with Gasteiger partial charge in [-0.3, -0.25) is 4.79 Å². The molecule has 3 aliphatic rings. The summed E-state index contributed by atoms with van der Waals surface area (Å²) in [6.45, 7) is 3.97. The van der Waals surface area contributed by atoms with Crippen molar-refractivity contribution in [2.24, 2.45) is 11.7 Å². The summed E-state index contributed by atoms with van der Waals surface area (Å²) in [4.78, 5) is 25.1. The number of nitrogens with two attached hydrogens (primary N) is 1. The molecule has 29 heavy (non-hydrogen) atoms. The summed E-state index contributed by atoms with van der Waals surface area (Å²) in [6.07, 6.45) is 4.72. The van der Waals surface area contributed by atoms with E-state index in [1.54, 1.807) is 12.2 Å². The summed E-state index contributed by atoms with van der Waals surface area (Å²) in [5, 5.41) is 2.82. The second-order valence-electron chi connectivity index (χ2n) is 7.82. The van der Waals surface area contributed by atoms with Crippen LogP contribution in [0.5, 0.6) is 0 Å². The van der Waals surface area contributed by atoms with Crippen molar-refractivity contribution < 1.29 is 9.18 Å². The first kappa shape index (κ1) is 17.9. The van der Waals surface area contributed by atoms with Gasteiger partial charge in [0.2, 0.25) is 0 Å². The first-order valence-electron chi connectivity index (χ1n) is 9.79. The van der Waals surface area contributed by atoms with Gasteiger partial charge in [0.05, 0.1) is 23.0 Å². The van der Waals surface area contributed by atoms with Crippen LogP contribution in [0.4, 0.5) is 10.1 Å². The van der Waals surface area contributed by atoms with Crippen molar-refractivity contribution in [1.29, 1.82) is 0 Å². The van der Waals surface area contributed by atoms with E-state index in [4.69, 9.17) is 5.73 Å². The van der Waals surface area contributed by atoms with E-state index in [0.29, 0.717) is 5.82 Å². The van der Waals surface area contributed by atoms with Crippen LogP contribution in [0.15, 0.2) is 48.0 Å². The summed E-state index contributed by atoms with van der Waals surface area (Å²) < 4.78 is 14.4. The van der Waals surface area contributed by atoms with Crippen molar-refractivity contribution in [2.45, 2.75) is 6.04 Å². The number of piperazine rings is 1. The zero-order valence-electron chi connectivity index (χ0n) is 16.2. The average molecular weight is 394 g/mol. The molecule has 0 saturated carbocycles. The quantitative estimate of drug-likeness (QED) is 0.719. The minimum absolute atomic E-state index is 0.204. The number of H-pyrrole nitrogens is 1. The Morgan fingerprint density at radius 3 is 2.83 bits per heavy atom. The van der Waals surface area contributed by atoms with Crippen LogP contribution in [0.1, 0.15) is 5.82 Å². The number of likely N-dealkylation sites (N-methyl/N-ethyl adjacent to an activating group) is 1. The summed E-state index contributed by atoms with van der Waals surface area (Å²) in [5.41, 5.74) is 9.36. The van der Waals surface area contributed by atoms with E-state index in [-0.39, 0.29) is 23.0 Å². The van der Waals surface area contributed by atoms with Crippen LogP contribution in [-0.2, 0) is 4.79 Å². The normalized spacial score (nSPS) is 25.2. The topological polar surface area (TPSA) is 90.3 Å². The minimum atomic E-state index is -0.693. The van der Waals surface area contributed by atoms with Gasteiger partial charge in [0.25, 0.3) is 5.91 Å². The largest absolute Gasteiger partial charge is 0.401 e. The maximum Gasteiger partial charge on any atom is 0.257 e. The number of benzene rings is 1. The zero-order valence-corrected chi connectivity index (χ0v) is 16.2. The number of carbonyl (C=O) groups excluding carboxylic acids is 1. The smallest absolute Gasteiger partial charge is 0.257 e. The number of imidazole rings is 1. The molecule has 150 valence electrons. The van der Waals surface area contributed by atoms with Crippen LogP contribution >= 0.6 is 0 Å². The van der Waals surface area contributed by atoms with Crippen LogP contribution in [-0.4, -0.2) is 60.0 Å². The van der Waals surface area contributed by atoms with Crippen molar-refractivity contribution in [3.63, 3.8) is 0 Å². The molecule has 3 heterocycles. The molecule has 7 nitrogen and oxygen atoms in total. The number of aromatic amines is 1. The summed E-state index contributed by atoms with van der Waals surface area (Å²) in [6, 6.07) is 5.56. The molecule has 1 aromatic heterocycles. The highest BCUT2D eigenvalue weighted by molar-refractivity contribution is 6.21. The lowest BCUT2D eigenvalue weighted by molar-refractivity contribution is -0.116. The van der Waals surface area contributed by atoms with E-state index in [1.165, 1.54) is 6.08 Å². The standard InChI is InChI=1S/C21H23FN6O/c1-27-7-9-28(10-8-27)12-5-6-14-16(11-12)25-20(24-14)18-19(23)17-13(22)3-2-4-15(17)26-21(18)29/h2-6,11,15,17H,7-10,23H2,1H3,(H,24,25)(H,26,29). The Hall–Kier alpha value is -3.13. The van der Waals surface area contributed by atoms with Gasteiger partial charge in [-0.15, -0.1) is 0 Å². The molecule has 4 N–H and O–H groups in total. The van der Waals surface area contributed by atoms with Crippen LogP contribution in [0.2, 0.25) is 0 Å². The molecule has 0 spiro atoms. The van der Waals surface area contributed by atoms with Gasteiger partial charge in [0.1, 0.15) is 17.2 Å². The molecule has 5 rings (SSSR count). The van der Waals surface area contributed by atoms with Gasteiger partial charge >= 0.3 is 0 Å². The van der Waals surface area contributed by atoms with Crippen LogP contribution < -0.4 is 16.0 Å². The Bertz CT molecular complexity index is 1080. The van der Waals surface area contributed by atoms with E-state index in [2.05, 4.69) is 32.1 Å². The van der Waals surface area contributed by atoms with Gasteiger partial charge in [-0.05, 0) is 31.3 Å². The minimum Gasteiger partial charge on any atom is -0.401 e. The van der Waals surface area contributed by atoms with Crippen molar-refractivity contribution in [2.75, 3.05) is 38.1 Å². The number of hydrogen-bond donors (Lipinski definition) is 3. The number of amides is 1. The number of hydrogen-bond acceptors (Lipinski definition) is 5. The molecule has 0 radical (unpaired) electrons. The van der Waals surface area contributed by atoms with Gasteiger partial charge < -0.3 is 25.8 Å². The average Bonchev–Trinajstić information content (AvgIpc) is 3.11. The molecule has 0 bridgehead atoms. The number of nitrogens with one attached hydrogen (secondary N) is 2. The fourth-order valence-corrected chi connectivity index (χ4v) is 4.26. The summed E-state index contributed by atoms with van der Waals surface area (Å²) in [5.74, 6) is -1.03. The molecule has 1 aliphatic carbocycles. The second-order valence-corrected chi connectivity index (χ2v) is 7.82. The van der Waals surface area contributed by atoms with Gasteiger partial charge in [-0.1, -0.05) is 12.2 Å². The van der Waals surface area contributed by atoms with Gasteiger partial charge in [0, 0.05) is 37.6 Å². The highest BCUT2D eigenvalue weighted by atomic mass is 19.1. The van der Waals surface area contributed by atoms with Gasteiger partial charge in [-0.25, -0.2) is 9.37 Å². The van der Waals surface area contributed by atoms with Crippen LogP contribution in [0.3, 0.4) is 0 Å². The molecule has 8 heteroatoms. The SMILES string of the molecule is CN1CCN(c2ccc3nc(C4=C(N)C5C(F)=CC=CC5NC4=O)[nH]c3c2)CC1. The third-order valence-corrected chi connectivity index (χ3v) is 5.95. The number of rotatable bonds is 2. The molecule has 2 unspecified atom stereocenters. The number of aromatic nitrogens is 2. The number of anilines is 1. The molecular formula is C21H23FN6O. The molecule has 1 aromatic carbocycles. The molecule has 2 aromatic rings. The number of nitrogens with zero attached hydrogens (tertiary/aromatic N) is 3. The Balaban J connectivity index is 1.52.